The fraction of sp³-hybridized carbons (Fsp3) is 0.730. The van der Waals surface area contributed by atoms with Crippen LogP contribution in [0.1, 0.15) is 95.6 Å². The van der Waals surface area contributed by atoms with E-state index >= 15 is 0 Å². The van der Waals surface area contributed by atoms with Crippen molar-refractivity contribution in [3.8, 4) is 11.5 Å². The molecule has 2 rings (SSSR count). The fourth-order valence-electron chi connectivity index (χ4n) is 6.33. The summed E-state index contributed by atoms with van der Waals surface area (Å²) in [5.41, 5.74) is 4.95. The number of unbranched alkanes of at least 4 members (excludes halogenated alkanes) is 4. The van der Waals surface area contributed by atoms with Crippen LogP contribution in [0, 0.1) is 5.92 Å². The number of ether oxygens (including phenoxy) is 2. The van der Waals surface area contributed by atoms with Gasteiger partial charge in [-0.15, -0.1) is 0 Å². The molecular weight excluding hydrogens is 568 g/mol. The summed E-state index contributed by atoms with van der Waals surface area (Å²) in [7, 11) is 0. The Morgan fingerprint density at radius 1 is 0.778 bits per heavy atom. The standard InChI is InChI=1S/C37H64N2O6/c1-5-6-7-12-32-28-35(44-25-10-8-15-38(17-21-40)18-22-41)37(34-27-31(4)13-14-33(34)30(2)3)36(29-32)45-26-11-9-16-39(19-23-42)20-24-43/h27-29,33-34,40-43H,2,5-26H2,1,3-4H3/t33-,34+/m0/s1. The third kappa shape index (κ3) is 14.6. The average Bonchev–Trinajstić information content (AvgIpc) is 3.01. The van der Waals surface area contributed by atoms with Crippen molar-refractivity contribution in [2.75, 3.05) is 78.9 Å². The summed E-state index contributed by atoms with van der Waals surface area (Å²) in [6.07, 6.45) is 12.6. The topological polar surface area (TPSA) is 106 Å². The Morgan fingerprint density at radius 2 is 1.29 bits per heavy atom. The predicted octanol–water partition coefficient (Wildman–Crippen LogP) is 5.33. The van der Waals surface area contributed by atoms with E-state index in [1.165, 1.54) is 29.6 Å². The lowest BCUT2D eigenvalue weighted by Gasteiger charge is -2.33. The molecule has 258 valence electrons. The zero-order valence-corrected chi connectivity index (χ0v) is 28.6. The van der Waals surface area contributed by atoms with Gasteiger partial charge in [0.25, 0.3) is 0 Å². The van der Waals surface area contributed by atoms with Crippen LogP contribution in [0.4, 0.5) is 0 Å². The molecule has 0 heterocycles. The normalized spacial score (nSPS) is 16.8. The van der Waals surface area contributed by atoms with E-state index in [0.29, 0.717) is 45.3 Å². The maximum Gasteiger partial charge on any atom is 0.127 e. The monoisotopic (exact) mass is 632 g/mol. The van der Waals surface area contributed by atoms with Crippen LogP contribution in [0.5, 0.6) is 11.5 Å². The number of hydrogen-bond acceptors (Lipinski definition) is 8. The van der Waals surface area contributed by atoms with Gasteiger partial charge in [-0.05, 0) is 102 Å². The quantitative estimate of drug-likeness (QED) is 0.0803. The van der Waals surface area contributed by atoms with Gasteiger partial charge in [0.1, 0.15) is 11.5 Å². The van der Waals surface area contributed by atoms with Crippen molar-refractivity contribution in [1.29, 1.82) is 0 Å². The van der Waals surface area contributed by atoms with Crippen molar-refractivity contribution in [1.82, 2.24) is 9.80 Å². The van der Waals surface area contributed by atoms with Crippen LogP contribution in [-0.4, -0.2) is 109 Å². The number of allylic oxidation sites excluding steroid dienone is 3. The largest absolute Gasteiger partial charge is 0.493 e. The Kier molecular flexibility index (Phi) is 20.4. The Balaban J connectivity index is 2.32. The zero-order chi connectivity index (χ0) is 32.9. The van der Waals surface area contributed by atoms with E-state index < -0.39 is 0 Å². The van der Waals surface area contributed by atoms with E-state index in [9.17, 15) is 20.4 Å². The van der Waals surface area contributed by atoms with Crippen LogP contribution in [0.15, 0.2) is 35.9 Å². The van der Waals surface area contributed by atoms with Crippen molar-refractivity contribution in [2.24, 2.45) is 5.92 Å². The molecule has 8 nitrogen and oxygen atoms in total. The molecule has 1 aromatic carbocycles. The highest BCUT2D eigenvalue weighted by molar-refractivity contribution is 5.53. The third-order valence-corrected chi connectivity index (χ3v) is 8.86. The van der Waals surface area contributed by atoms with E-state index in [4.69, 9.17) is 9.47 Å². The van der Waals surface area contributed by atoms with Crippen molar-refractivity contribution in [2.45, 2.75) is 90.9 Å². The van der Waals surface area contributed by atoms with Gasteiger partial charge < -0.3 is 29.9 Å². The van der Waals surface area contributed by atoms with Gasteiger partial charge >= 0.3 is 0 Å². The van der Waals surface area contributed by atoms with Gasteiger partial charge in [-0.25, -0.2) is 0 Å². The lowest BCUT2D eigenvalue weighted by Crippen LogP contribution is -2.31. The lowest BCUT2D eigenvalue weighted by atomic mass is 9.73. The van der Waals surface area contributed by atoms with Crippen LogP contribution in [0.2, 0.25) is 0 Å². The maximum atomic E-state index is 9.35. The summed E-state index contributed by atoms with van der Waals surface area (Å²) >= 11 is 0. The molecule has 1 aliphatic rings. The van der Waals surface area contributed by atoms with Crippen LogP contribution >= 0.6 is 0 Å². The third-order valence-electron chi connectivity index (χ3n) is 8.86. The molecule has 2 atom stereocenters. The highest BCUT2D eigenvalue weighted by Gasteiger charge is 2.31. The highest BCUT2D eigenvalue weighted by Crippen LogP contribution is 2.47. The predicted molar refractivity (Wildman–Crippen MR) is 184 cm³/mol. The molecule has 0 unspecified atom stereocenters. The van der Waals surface area contributed by atoms with Gasteiger partial charge in [-0.2, -0.15) is 0 Å². The maximum absolute atomic E-state index is 9.35. The molecule has 0 aromatic heterocycles. The number of nitrogens with zero attached hydrogens (tertiary/aromatic N) is 2. The van der Waals surface area contributed by atoms with Gasteiger partial charge in [0, 0.05) is 37.7 Å². The molecule has 0 saturated carbocycles. The SMILES string of the molecule is C=C(C)[C@@H]1CCC(C)=C[C@H]1c1c(OCCCCN(CCO)CCO)cc(CCCCC)cc1OCCCCN(CCO)CCO. The number of hydrogen-bond donors (Lipinski definition) is 4. The van der Waals surface area contributed by atoms with Crippen LogP contribution in [0.3, 0.4) is 0 Å². The minimum atomic E-state index is 0.0925. The molecule has 45 heavy (non-hydrogen) atoms. The number of rotatable bonds is 26. The molecule has 0 radical (unpaired) electrons. The molecule has 1 aromatic rings. The minimum absolute atomic E-state index is 0.0925. The number of aliphatic hydroxyl groups is 4. The number of aliphatic hydroxyl groups excluding tert-OH is 4. The van der Waals surface area contributed by atoms with E-state index in [1.807, 2.05) is 0 Å². The zero-order valence-electron chi connectivity index (χ0n) is 28.6. The van der Waals surface area contributed by atoms with Crippen LogP contribution < -0.4 is 9.47 Å². The van der Waals surface area contributed by atoms with Gasteiger partial charge in [0.2, 0.25) is 0 Å². The van der Waals surface area contributed by atoms with Gasteiger partial charge in [-0.1, -0.05) is 43.6 Å². The molecule has 8 heteroatoms. The summed E-state index contributed by atoms with van der Waals surface area (Å²) in [6.45, 7) is 16.5. The van der Waals surface area contributed by atoms with E-state index in [0.717, 1.165) is 81.5 Å². The summed E-state index contributed by atoms with van der Waals surface area (Å²) in [5, 5.41) is 37.4. The Labute approximate surface area is 273 Å². The first-order chi connectivity index (χ1) is 21.9. The van der Waals surface area contributed by atoms with E-state index in [-0.39, 0.29) is 32.3 Å². The van der Waals surface area contributed by atoms with Crippen molar-refractivity contribution < 1.29 is 29.9 Å². The van der Waals surface area contributed by atoms with Crippen LogP contribution in [-0.2, 0) is 6.42 Å². The van der Waals surface area contributed by atoms with Crippen molar-refractivity contribution in [3.63, 3.8) is 0 Å². The second-order valence-electron chi connectivity index (χ2n) is 12.7. The molecule has 4 N–H and O–H groups in total. The number of aryl methyl sites for hydroxylation is 1. The Morgan fingerprint density at radius 3 is 1.73 bits per heavy atom. The molecule has 0 saturated heterocycles. The second kappa shape index (κ2) is 23.4. The Bertz CT molecular complexity index is 925. The first-order valence-electron chi connectivity index (χ1n) is 17.5. The highest BCUT2D eigenvalue weighted by atomic mass is 16.5. The first-order valence-corrected chi connectivity index (χ1v) is 17.5. The fourth-order valence-corrected chi connectivity index (χ4v) is 6.33. The Hall–Kier alpha value is -1.94. The van der Waals surface area contributed by atoms with Gasteiger partial charge in [0.15, 0.2) is 0 Å². The molecule has 0 bridgehead atoms. The first kappa shape index (κ1) is 39.2. The van der Waals surface area contributed by atoms with E-state index in [1.54, 1.807) is 0 Å². The summed E-state index contributed by atoms with van der Waals surface area (Å²) < 4.78 is 13.3. The van der Waals surface area contributed by atoms with Gasteiger partial charge in [-0.3, -0.25) is 9.80 Å². The number of benzene rings is 1. The summed E-state index contributed by atoms with van der Waals surface area (Å²) in [5.74, 6) is 2.29. The molecule has 0 spiro atoms. The molecule has 0 amide bonds. The molecular formula is C37H64N2O6. The molecule has 0 aliphatic heterocycles. The molecule has 1 aliphatic carbocycles. The summed E-state index contributed by atoms with van der Waals surface area (Å²) in [4.78, 5) is 4.18. The van der Waals surface area contributed by atoms with E-state index in [2.05, 4.69) is 55.4 Å². The summed E-state index contributed by atoms with van der Waals surface area (Å²) in [6, 6.07) is 4.49. The minimum Gasteiger partial charge on any atom is -0.493 e. The molecule has 0 fully saturated rings. The van der Waals surface area contributed by atoms with Crippen molar-refractivity contribution in [3.05, 3.63) is 47.1 Å². The smallest absolute Gasteiger partial charge is 0.127 e. The average molecular weight is 633 g/mol. The van der Waals surface area contributed by atoms with Gasteiger partial charge in [0.05, 0.1) is 39.6 Å². The lowest BCUT2D eigenvalue weighted by molar-refractivity contribution is 0.157. The second-order valence-corrected chi connectivity index (χ2v) is 12.7. The van der Waals surface area contributed by atoms with Crippen LogP contribution in [0.25, 0.3) is 0 Å². The van der Waals surface area contributed by atoms with Crippen molar-refractivity contribution >= 4 is 0 Å².